The summed E-state index contributed by atoms with van der Waals surface area (Å²) < 4.78 is 7.13. The van der Waals surface area contributed by atoms with Crippen molar-refractivity contribution in [3.63, 3.8) is 0 Å². The van der Waals surface area contributed by atoms with E-state index in [-0.39, 0.29) is 22.6 Å². The minimum Gasteiger partial charge on any atom is -0.466 e. The van der Waals surface area contributed by atoms with Crippen molar-refractivity contribution < 1.29 is 14.5 Å². The number of esters is 1. The highest BCUT2D eigenvalue weighted by molar-refractivity contribution is 5.94. The van der Waals surface area contributed by atoms with Gasteiger partial charge in [0.1, 0.15) is 5.82 Å². The van der Waals surface area contributed by atoms with Gasteiger partial charge in [-0.3, -0.25) is 24.0 Å². The first-order valence-electron chi connectivity index (χ1n) is 8.29. The molecule has 1 aliphatic heterocycles. The monoisotopic (exact) mass is 386 g/mol. The summed E-state index contributed by atoms with van der Waals surface area (Å²) >= 11 is 0. The Bertz CT molecular complexity index is 1140. The van der Waals surface area contributed by atoms with E-state index in [4.69, 9.17) is 4.74 Å². The second-order valence-corrected chi connectivity index (χ2v) is 6.40. The number of non-ortho nitro benzene ring substituents is 1. The first-order chi connectivity index (χ1) is 13.2. The Morgan fingerprint density at radius 3 is 2.32 bits per heavy atom. The second-order valence-electron chi connectivity index (χ2n) is 6.40. The van der Waals surface area contributed by atoms with Crippen LogP contribution in [0.3, 0.4) is 0 Å². The zero-order chi connectivity index (χ0) is 20.7. The average molecular weight is 386 g/mol. The normalized spacial score (nSPS) is 15.6. The van der Waals surface area contributed by atoms with Gasteiger partial charge in [-0.05, 0) is 12.5 Å². The third-order valence-corrected chi connectivity index (χ3v) is 4.83. The van der Waals surface area contributed by atoms with Crippen molar-refractivity contribution >= 4 is 17.5 Å². The minimum absolute atomic E-state index is 0.119. The number of nitro benzene ring substituents is 1. The van der Waals surface area contributed by atoms with E-state index in [1.165, 1.54) is 50.0 Å². The van der Waals surface area contributed by atoms with Gasteiger partial charge in [-0.15, -0.1) is 0 Å². The number of carbonyl (C=O) groups is 1. The standard InChI is InChI=1S/C18H18N4O6/c1-9-12(17(24)28-4)13(10-5-7-11(8-6-10)22(26)27)14-15(19-9)20(2)18(25)21(3)16(14)23/h5-8,13,19H,1-4H3/t13-/m1/s1. The molecule has 1 atom stereocenters. The van der Waals surface area contributed by atoms with Crippen molar-refractivity contribution in [1.82, 2.24) is 9.13 Å². The predicted octanol–water partition coefficient (Wildman–Crippen LogP) is 0.997. The van der Waals surface area contributed by atoms with Gasteiger partial charge in [0.05, 0.1) is 29.1 Å². The fourth-order valence-electron chi connectivity index (χ4n) is 3.39. The maximum Gasteiger partial charge on any atom is 0.336 e. The second kappa shape index (κ2) is 6.80. The Hall–Kier alpha value is -3.69. The molecular weight excluding hydrogens is 368 g/mol. The molecule has 1 aromatic heterocycles. The first kappa shape index (κ1) is 19.1. The van der Waals surface area contributed by atoms with E-state index in [1.807, 2.05) is 0 Å². The molecule has 0 aliphatic carbocycles. The Morgan fingerprint density at radius 1 is 1.18 bits per heavy atom. The summed E-state index contributed by atoms with van der Waals surface area (Å²) in [6.45, 7) is 1.63. The van der Waals surface area contributed by atoms with Crippen LogP contribution in [0, 0.1) is 10.1 Å². The SMILES string of the molecule is COC(=O)C1=C(C)Nc2c(c(=O)n(C)c(=O)n2C)[C@@H]1c1ccc([N+](=O)[O-])cc1. The number of hydrogen-bond donors (Lipinski definition) is 1. The molecule has 3 rings (SSSR count). The number of nitrogens with one attached hydrogen (secondary N) is 1. The number of carbonyl (C=O) groups excluding carboxylic acids is 1. The van der Waals surface area contributed by atoms with E-state index in [0.717, 1.165) is 4.57 Å². The van der Waals surface area contributed by atoms with Crippen LogP contribution < -0.4 is 16.6 Å². The molecule has 146 valence electrons. The summed E-state index contributed by atoms with van der Waals surface area (Å²) in [7, 11) is 4.08. The fourth-order valence-corrected chi connectivity index (χ4v) is 3.39. The maximum absolute atomic E-state index is 12.9. The summed E-state index contributed by atoms with van der Waals surface area (Å²) in [4.78, 5) is 48.2. The van der Waals surface area contributed by atoms with Gasteiger partial charge in [0.2, 0.25) is 0 Å². The summed E-state index contributed by atoms with van der Waals surface area (Å²) in [6.07, 6.45) is 0. The van der Waals surface area contributed by atoms with Gasteiger partial charge in [0.15, 0.2) is 0 Å². The number of ether oxygens (including phenoxy) is 1. The van der Waals surface area contributed by atoms with Crippen molar-refractivity contribution in [2.75, 3.05) is 12.4 Å². The maximum atomic E-state index is 12.9. The number of anilines is 1. The van der Waals surface area contributed by atoms with E-state index in [2.05, 4.69) is 5.32 Å². The number of nitro groups is 1. The topological polar surface area (TPSA) is 125 Å². The zero-order valence-corrected chi connectivity index (χ0v) is 15.7. The van der Waals surface area contributed by atoms with Gasteiger partial charge in [-0.2, -0.15) is 0 Å². The number of methoxy groups -OCH3 is 1. The van der Waals surface area contributed by atoms with Crippen LogP contribution >= 0.6 is 0 Å². The molecule has 0 saturated carbocycles. The average Bonchev–Trinajstić information content (AvgIpc) is 2.69. The molecular formula is C18H18N4O6. The largest absolute Gasteiger partial charge is 0.466 e. The molecule has 0 unspecified atom stereocenters. The molecule has 0 fully saturated rings. The molecule has 0 bridgehead atoms. The minimum atomic E-state index is -0.852. The highest BCUT2D eigenvalue weighted by atomic mass is 16.6. The van der Waals surface area contributed by atoms with E-state index in [1.54, 1.807) is 6.92 Å². The van der Waals surface area contributed by atoms with Gasteiger partial charge < -0.3 is 10.1 Å². The van der Waals surface area contributed by atoms with Gasteiger partial charge in [0, 0.05) is 31.9 Å². The quantitative estimate of drug-likeness (QED) is 0.474. The van der Waals surface area contributed by atoms with Crippen LogP contribution in [0.5, 0.6) is 0 Å². The van der Waals surface area contributed by atoms with Crippen molar-refractivity contribution in [2.24, 2.45) is 14.1 Å². The number of fused-ring (bicyclic) bond motifs is 1. The third-order valence-electron chi connectivity index (χ3n) is 4.83. The summed E-state index contributed by atoms with van der Waals surface area (Å²) in [5, 5.41) is 13.9. The number of allylic oxidation sites excluding steroid dienone is 1. The van der Waals surface area contributed by atoms with Crippen LogP contribution in [0.25, 0.3) is 0 Å². The number of benzene rings is 1. The fraction of sp³-hybridized carbons (Fsp3) is 0.278. The van der Waals surface area contributed by atoms with Crippen LogP contribution in [0.15, 0.2) is 45.1 Å². The van der Waals surface area contributed by atoms with Gasteiger partial charge >= 0.3 is 11.7 Å². The lowest BCUT2D eigenvalue weighted by Crippen LogP contribution is -2.43. The molecule has 28 heavy (non-hydrogen) atoms. The van der Waals surface area contributed by atoms with Gasteiger partial charge in [0.25, 0.3) is 11.2 Å². The number of hydrogen-bond acceptors (Lipinski definition) is 7. The predicted molar refractivity (Wildman–Crippen MR) is 100 cm³/mol. The van der Waals surface area contributed by atoms with Crippen molar-refractivity contribution in [2.45, 2.75) is 12.8 Å². The molecule has 0 spiro atoms. The van der Waals surface area contributed by atoms with E-state index in [9.17, 15) is 24.5 Å². The van der Waals surface area contributed by atoms with Crippen LogP contribution in [-0.4, -0.2) is 27.1 Å². The molecule has 0 amide bonds. The summed E-state index contributed by atoms with van der Waals surface area (Å²) in [6, 6.07) is 5.57. The molecule has 0 radical (unpaired) electrons. The Morgan fingerprint density at radius 2 is 1.79 bits per heavy atom. The summed E-state index contributed by atoms with van der Waals surface area (Å²) in [5.41, 5.74) is 0.0846. The lowest BCUT2D eigenvalue weighted by molar-refractivity contribution is -0.384. The van der Waals surface area contributed by atoms with Gasteiger partial charge in [-0.1, -0.05) is 12.1 Å². The van der Waals surface area contributed by atoms with Crippen LogP contribution in [-0.2, 0) is 23.6 Å². The van der Waals surface area contributed by atoms with E-state index in [0.29, 0.717) is 11.3 Å². The molecule has 10 nitrogen and oxygen atoms in total. The molecule has 2 aromatic rings. The highest BCUT2D eigenvalue weighted by Crippen LogP contribution is 2.40. The van der Waals surface area contributed by atoms with Crippen LogP contribution in [0.1, 0.15) is 24.0 Å². The smallest absolute Gasteiger partial charge is 0.336 e. The summed E-state index contributed by atoms with van der Waals surface area (Å²) in [5.74, 6) is -1.23. The van der Waals surface area contributed by atoms with Crippen LogP contribution in [0.2, 0.25) is 0 Å². The van der Waals surface area contributed by atoms with Gasteiger partial charge in [-0.25, -0.2) is 9.59 Å². The Kier molecular flexibility index (Phi) is 4.63. The first-order valence-corrected chi connectivity index (χ1v) is 8.29. The molecule has 1 N–H and O–H groups in total. The Labute approximate surface area is 158 Å². The van der Waals surface area contributed by atoms with Crippen molar-refractivity contribution in [1.29, 1.82) is 0 Å². The number of rotatable bonds is 3. The molecule has 1 aromatic carbocycles. The van der Waals surface area contributed by atoms with Crippen molar-refractivity contribution in [3.05, 3.63) is 77.6 Å². The van der Waals surface area contributed by atoms with Crippen LogP contribution in [0.4, 0.5) is 11.5 Å². The van der Waals surface area contributed by atoms with E-state index >= 15 is 0 Å². The lowest BCUT2D eigenvalue weighted by atomic mass is 9.82. The molecule has 10 heteroatoms. The van der Waals surface area contributed by atoms with Crippen molar-refractivity contribution in [3.8, 4) is 0 Å². The lowest BCUT2D eigenvalue weighted by Gasteiger charge is -2.30. The third kappa shape index (κ3) is 2.79. The zero-order valence-electron chi connectivity index (χ0n) is 15.7. The molecule has 0 saturated heterocycles. The highest BCUT2D eigenvalue weighted by Gasteiger charge is 2.37. The number of aromatic nitrogens is 2. The Balaban J connectivity index is 2.37. The number of nitrogens with zero attached hydrogens (tertiary/aromatic N) is 3. The molecule has 2 heterocycles. The van der Waals surface area contributed by atoms with E-state index < -0.39 is 28.1 Å². The molecule has 1 aliphatic rings.